The molecule has 2 heterocycles. The van der Waals surface area contributed by atoms with Crippen LogP contribution in [0.1, 0.15) is 33.9 Å². The van der Waals surface area contributed by atoms with Crippen molar-refractivity contribution < 1.29 is 23.1 Å². The van der Waals surface area contributed by atoms with Gasteiger partial charge >= 0.3 is 0 Å². The van der Waals surface area contributed by atoms with Crippen molar-refractivity contribution in [1.29, 1.82) is 0 Å². The van der Waals surface area contributed by atoms with E-state index in [0.717, 1.165) is 38.4 Å². The first-order chi connectivity index (χ1) is 14.9. The van der Waals surface area contributed by atoms with Crippen LogP contribution in [0.2, 0.25) is 0 Å². The number of morpholine rings is 1. The zero-order valence-corrected chi connectivity index (χ0v) is 18.2. The molecule has 3 rings (SSSR count). The second kappa shape index (κ2) is 11.1. The number of halogens is 1. The largest absolute Gasteiger partial charge is 0.466 e. The summed E-state index contributed by atoms with van der Waals surface area (Å²) in [6, 6.07) is 7.72. The van der Waals surface area contributed by atoms with E-state index in [0.29, 0.717) is 23.6 Å². The maximum Gasteiger partial charge on any atom is 0.257 e. The van der Waals surface area contributed by atoms with E-state index in [-0.39, 0.29) is 37.1 Å². The molecule has 1 aromatic carbocycles. The number of nitrogens with one attached hydrogen (secondary N) is 1. The number of carbonyl (C=O) groups is 2. The number of rotatable bonds is 9. The van der Waals surface area contributed by atoms with Gasteiger partial charge in [0.05, 0.1) is 18.8 Å². The lowest BCUT2D eigenvalue weighted by molar-refractivity contribution is -0.121. The van der Waals surface area contributed by atoms with Crippen LogP contribution in [0.15, 0.2) is 34.7 Å². The third-order valence-corrected chi connectivity index (χ3v) is 5.31. The fourth-order valence-electron chi connectivity index (χ4n) is 3.58. The Bertz CT molecular complexity index is 875. The van der Waals surface area contributed by atoms with Crippen LogP contribution in [0, 0.1) is 19.7 Å². The second-order valence-corrected chi connectivity index (χ2v) is 7.73. The summed E-state index contributed by atoms with van der Waals surface area (Å²) in [4.78, 5) is 29.3. The molecule has 2 aromatic rings. The summed E-state index contributed by atoms with van der Waals surface area (Å²) in [6.45, 7) is 8.60. The molecule has 0 atom stereocenters. The fraction of sp³-hybridized carbons (Fsp3) is 0.478. The molecule has 7 nitrogen and oxygen atoms in total. The number of furan rings is 1. The van der Waals surface area contributed by atoms with E-state index in [1.807, 2.05) is 0 Å². The molecule has 1 aliphatic rings. The Hall–Kier alpha value is -2.71. The SMILES string of the molecule is Cc1cc(C(=O)N(CCC(=O)NCCN2CCOCC2)Cc2ccc(F)cc2)c(C)o1. The van der Waals surface area contributed by atoms with Gasteiger partial charge in [0.15, 0.2) is 0 Å². The molecular formula is C23H30FN3O4. The quantitative estimate of drug-likeness (QED) is 0.660. The molecule has 31 heavy (non-hydrogen) atoms. The number of hydrogen-bond acceptors (Lipinski definition) is 5. The van der Waals surface area contributed by atoms with Crippen LogP contribution in [0.3, 0.4) is 0 Å². The minimum atomic E-state index is -0.331. The molecule has 2 amide bonds. The predicted molar refractivity (Wildman–Crippen MR) is 114 cm³/mol. The lowest BCUT2D eigenvalue weighted by Gasteiger charge is -2.26. The highest BCUT2D eigenvalue weighted by molar-refractivity contribution is 5.95. The van der Waals surface area contributed by atoms with Crippen molar-refractivity contribution >= 4 is 11.8 Å². The first-order valence-electron chi connectivity index (χ1n) is 10.6. The van der Waals surface area contributed by atoms with Gasteiger partial charge in [-0.15, -0.1) is 0 Å². The molecule has 1 fully saturated rings. The van der Waals surface area contributed by atoms with E-state index >= 15 is 0 Å². The highest BCUT2D eigenvalue weighted by Crippen LogP contribution is 2.18. The molecule has 8 heteroatoms. The van der Waals surface area contributed by atoms with Gasteiger partial charge in [-0.25, -0.2) is 4.39 Å². The third kappa shape index (κ3) is 6.90. The standard InChI is InChI=1S/C23H30FN3O4/c1-17-15-21(18(2)31-17)23(29)27(16-19-3-5-20(24)6-4-19)9-7-22(28)25-8-10-26-11-13-30-14-12-26/h3-6,15H,7-14,16H2,1-2H3,(H,25,28). The maximum absolute atomic E-state index is 13.3. The number of benzene rings is 1. The van der Waals surface area contributed by atoms with Crippen molar-refractivity contribution in [2.24, 2.45) is 0 Å². The van der Waals surface area contributed by atoms with E-state index < -0.39 is 0 Å². The van der Waals surface area contributed by atoms with Gasteiger partial charge in [-0.2, -0.15) is 0 Å². The minimum absolute atomic E-state index is 0.106. The zero-order valence-electron chi connectivity index (χ0n) is 18.2. The van der Waals surface area contributed by atoms with E-state index in [9.17, 15) is 14.0 Å². The second-order valence-electron chi connectivity index (χ2n) is 7.73. The van der Waals surface area contributed by atoms with Crippen molar-refractivity contribution in [3.8, 4) is 0 Å². The Kier molecular flexibility index (Phi) is 8.20. The summed E-state index contributed by atoms with van der Waals surface area (Å²) >= 11 is 0. The third-order valence-electron chi connectivity index (χ3n) is 5.31. The van der Waals surface area contributed by atoms with Crippen LogP contribution in [0.25, 0.3) is 0 Å². The number of ether oxygens (including phenoxy) is 1. The van der Waals surface area contributed by atoms with Gasteiger partial charge in [-0.05, 0) is 37.6 Å². The number of hydrogen-bond donors (Lipinski definition) is 1. The van der Waals surface area contributed by atoms with Gasteiger partial charge in [-0.1, -0.05) is 12.1 Å². The van der Waals surface area contributed by atoms with E-state index in [2.05, 4.69) is 10.2 Å². The van der Waals surface area contributed by atoms with Crippen LogP contribution in [0.4, 0.5) is 4.39 Å². The van der Waals surface area contributed by atoms with E-state index in [1.54, 1.807) is 36.9 Å². The number of amides is 2. The van der Waals surface area contributed by atoms with E-state index in [4.69, 9.17) is 9.15 Å². The summed E-state index contributed by atoms with van der Waals surface area (Å²) in [7, 11) is 0. The fourth-order valence-corrected chi connectivity index (χ4v) is 3.58. The van der Waals surface area contributed by atoms with Crippen LogP contribution in [-0.4, -0.2) is 67.6 Å². The monoisotopic (exact) mass is 431 g/mol. The van der Waals surface area contributed by atoms with Crippen molar-refractivity contribution in [3.05, 3.63) is 58.8 Å². The maximum atomic E-state index is 13.3. The molecule has 1 aromatic heterocycles. The average molecular weight is 432 g/mol. The summed E-state index contributed by atoms with van der Waals surface area (Å²) in [6.07, 6.45) is 0.186. The number of nitrogens with zero attached hydrogens (tertiary/aromatic N) is 2. The lowest BCUT2D eigenvalue weighted by atomic mass is 10.1. The first-order valence-corrected chi connectivity index (χ1v) is 10.6. The van der Waals surface area contributed by atoms with Gasteiger partial charge in [-0.3, -0.25) is 14.5 Å². The normalized spacial score (nSPS) is 14.4. The Morgan fingerprint density at radius 2 is 1.87 bits per heavy atom. The first kappa shape index (κ1) is 23.0. The van der Waals surface area contributed by atoms with Gasteiger partial charge in [0.1, 0.15) is 17.3 Å². The topological polar surface area (TPSA) is 75.0 Å². The summed E-state index contributed by atoms with van der Waals surface area (Å²) < 4.78 is 24.1. The molecule has 1 aliphatic heterocycles. The molecule has 1 saturated heterocycles. The van der Waals surface area contributed by atoms with E-state index in [1.165, 1.54) is 12.1 Å². The van der Waals surface area contributed by atoms with Crippen molar-refractivity contribution in [3.63, 3.8) is 0 Å². The Labute approximate surface area is 182 Å². The van der Waals surface area contributed by atoms with Crippen molar-refractivity contribution in [1.82, 2.24) is 15.1 Å². The molecule has 0 unspecified atom stereocenters. The Morgan fingerprint density at radius 3 is 2.52 bits per heavy atom. The molecule has 168 valence electrons. The van der Waals surface area contributed by atoms with Crippen LogP contribution >= 0.6 is 0 Å². The van der Waals surface area contributed by atoms with Crippen LogP contribution in [0.5, 0.6) is 0 Å². The van der Waals surface area contributed by atoms with Crippen molar-refractivity contribution in [2.45, 2.75) is 26.8 Å². The highest BCUT2D eigenvalue weighted by Gasteiger charge is 2.22. The van der Waals surface area contributed by atoms with Crippen LogP contribution < -0.4 is 5.32 Å². The number of aryl methyl sites for hydroxylation is 2. The Balaban J connectivity index is 1.57. The molecule has 0 aliphatic carbocycles. The average Bonchev–Trinajstić information content (AvgIpc) is 3.10. The minimum Gasteiger partial charge on any atom is -0.466 e. The number of carbonyl (C=O) groups excluding carboxylic acids is 2. The van der Waals surface area contributed by atoms with Gasteiger partial charge in [0.2, 0.25) is 5.91 Å². The molecule has 0 radical (unpaired) electrons. The molecule has 0 saturated carbocycles. The summed E-state index contributed by atoms with van der Waals surface area (Å²) in [5.74, 6) is 0.553. The van der Waals surface area contributed by atoms with Gasteiger partial charge < -0.3 is 19.4 Å². The van der Waals surface area contributed by atoms with Crippen molar-refractivity contribution in [2.75, 3.05) is 45.9 Å². The zero-order chi connectivity index (χ0) is 22.2. The molecular weight excluding hydrogens is 401 g/mol. The van der Waals surface area contributed by atoms with Gasteiger partial charge in [0, 0.05) is 45.7 Å². The lowest BCUT2D eigenvalue weighted by Crippen LogP contribution is -2.42. The molecule has 0 bridgehead atoms. The summed E-state index contributed by atoms with van der Waals surface area (Å²) in [5, 5.41) is 2.92. The van der Waals surface area contributed by atoms with Gasteiger partial charge in [0.25, 0.3) is 5.91 Å². The summed E-state index contributed by atoms with van der Waals surface area (Å²) in [5.41, 5.74) is 1.27. The van der Waals surface area contributed by atoms with Crippen LogP contribution in [-0.2, 0) is 16.1 Å². The smallest absolute Gasteiger partial charge is 0.257 e. The Morgan fingerprint density at radius 1 is 1.16 bits per heavy atom. The predicted octanol–water partition coefficient (Wildman–Crippen LogP) is 2.52. The highest BCUT2D eigenvalue weighted by atomic mass is 19.1. The molecule has 0 spiro atoms. The molecule has 1 N–H and O–H groups in total.